The Morgan fingerprint density at radius 2 is 1.91 bits per heavy atom. The topological polar surface area (TPSA) is 75.4 Å². The van der Waals surface area contributed by atoms with Crippen molar-refractivity contribution < 1.29 is 18.8 Å². The monoisotopic (exact) mass is 332 g/mol. The van der Waals surface area contributed by atoms with Crippen molar-refractivity contribution in [2.24, 2.45) is 0 Å². The Hall–Kier alpha value is -2.86. The first-order valence-corrected chi connectivity index (χ1v) is 6.93. The Kier molecular flexibility index (Phi) is 3.99. The van der Waals surface area contributed by atoms with Crippen LogP contribution < -0.4 is 5.32 Å². The van der Waals surface area contributed by atoms with E-state index >= 15 is 0 Å². The van der Waals surface area contributed by atoms with E-state index in [4.69, 9.17) is 16.1 Å². The fraction of sp³-hybridized carbons (Fsp3) is 0. The molecule has 7 heteroatoms. The second kappa shape index (κ2) is 6.10. The summed E-state index contributed by atoms with van der Waals surface area (Å²) >= 11 is 5.81. The second-order valence-electron chi connectivity index (χ2n) is 4.70. The van der Waals surface area contributed by atoms with Crippen molar-refractivity contribution in [3.05, 3.63) is 65.1 Å². The van der Waals surface area contributed by atoms with Crippen LogP contribution in [0.4, 0.5) is 10.1 Å². The molecule has 0 radical (unpaired) electrons. The molecule has 2 aromatic carbocycles. The van der Waals surface area contributed by atoms with Gasteiger partial charge in [-0.1, -0.05) is 16.8 Å². The zero-order valence-electron chi connectivity index (χ0n) is 11.6. The Labute approximate surface area is 135 Å². The minimum Gasteiger partial charge on any atom is -0.506 e. The number of aromatic hydroxyl groups is 1. The smallest absolute Gasteiger partial charge is 0.294 e. The number of nitrogens with one attached hydrogen (secondary N) is 1. The van der Waals surface area contributed by atoms with Crippen LogP contribution in [0.2, 0.25) is 5.02 Å². The van der Waals surface area contributed by atoms with Gasteiger partial charge in [-0.2, -0.15) is 0 Å². The van der Waals surface area contributed by atoms with Crippen molar-refractivity contribution in [3.8, 4) is 17.0 Å². The van der Waals surface area contributed by atoms with E-state index in [1.54, 1.807) is 0 Å². The van der Waals surface area contributed by atoms with Crippen LogP contribution in [-0.4, -0.2) is 16.2 Å². The third-order valence-electron chi connectivity index (χ3n) is 3.08. The lowest BCUT2D eigenvalue weighted by Crippen LogP contribution is -2.10. The number of hydrogen-bond acceptors (Lipinski definition) is 4. The van der Waals surface area contributed by atoms with Crippen LogP contribution in [0.1, 0.15) is 10.6 Å². The molecule has 0 spiro atoms. The Balaban J connectivity index is 1.81. The van der Waals surface area contributed by atoms with Crippen LogP contribution in [0.5, 0.6) is 5.75 Å². The van der Waals surface area contributed by atoms with Gasteiger partial charge in [0.2, 0.25) is 5.76 Å². The van der Waals surface area contributed by atoms with E-state index in [0.717, 1.165) is 0 Å². The van der Waals surface area contributed by atoms with Crippen molar-refractivity contribution >= 4 is 23.2 Å². The molecule has 1 heterocycles. The molecule has 2 N–H and O–H groups in total. The summed E-state index contributed by atoms with van der Waals surface area (Å²) in [6, 6.07) is 11.3. The van der Waals surface area contributed by atoms with Crippen LogP contribution in [0.15, 0.2) is 53.1 Å². The molecule has 0 unspecified atom stereocenters. The molecule has 116 valence electrons. The number of anilines is 1. The molecule has 0 fully saturated rings. The maximum absolute atomic E-state index is 12.9. The number of benzene rings is 2. The number of hydrogen-bond donors (Lipinski definition) is 2. The highest BCUT2D eigenvalue weighted by atomic mass is 35.5. The van der Waals surface area contributed by atoms with E-state index in [-0.39, 0.29) is 23.0 Å². The maximum atomic E-state index is 12.9. The predicted molar refractivity (Wildman–Crippen MR) is 83.0 cm³/mol. The fourth-order valence-electron chi connectivity index (χ4n) is 1.93. The van der Waals surface area contributed by atoms with Crippen molar-refractivity contribution in [1.29, 1.82) is 0 Å². The molecule has 1 aromatic heterocycles. The lowest BCUT2D eigenvalue weighted by molar-refractivity contribution is 0.0987. The molecule has 0 saturated carbocycles. The highest BCUT2D eigenvalue weighted by molar-refractivity contribution is 6.31. The first-order valence-electron chi connectivity index (χ1n) is 6.55. The van der Waals surface area contributed by atoms with Crippen LogP contribution in [0, 0.1) is 5.82 Å². The van der Waals surface area contributed by atoms with Gasteiger partial charge in [0.25, 0.3) is 5.91 Å². The van der Waals surface area contributed by atoms with Gasteiger partial charge in [0, 0.05) is 16.7 Å². The first kappa shape index (κ1) is 15.1. The molecule has 3 rings (SSSR count). The zero-order chi connectivity index (χ0) is 16.4. The van der Waals surface area contributed by atoms with E-state index in [9.17, 15) is 14.3 Å². The normalized spacial score (nSPS) is 10.5. The van der Waals surface area contributed by atoms with Crippen molar-refractivity contribution in [1.82, 2.24) is 5.16 Å². The summed E-state index contributed by atoms with van der Waals surface area (Å²) in [6.45, 7) is 0. The third-order valence-corrected chi connectivity index (χ3v) is 3.32. The van der Waals surface area contributed by atoms with Crippen molar-refractivity contribution in [2.75, 3.05) is 5.32 Å². The van der Waals surface area contributed by atoms with Crippen molar-refractivity contribution in [3.63, 3.8) is 0 Å². The van der Waals surface area contributed by atoms with Gasteiger partial charge in [-0.3, -0.25) is 4.79 Å². The summed E-state index contributed by atoms with van der Waals surface area (Å²) in [5.41, 5.74) is 1.16. The molecule has 1 amide bonds. The van der Waals surface area contributed by atoms with Crippen LogP contribution >= 0.6 is 11.6 Å². The number of carbonyl (C=O) groups is 1. The number of amides is 1. The van der Waals surface area contributed by atoms with Gasteiger partial charge in [0.1, 0.15) is 17.3 Å². The Morgan fingerprint density at radius 1 is 1.17 bits per heavy atom. The van der Waals surface area contributed by atoms with Crippen LogP contribution in [0.3, 0.4) is 0 Å². The van der Waals surface area contributed by atoms with Crippen LogP contribution in [-0.2, 0) is 0 Å². The average Bonchev–Trinajstić information content (AvgIpc) is 3.02. The number of carbonyl (C=O) groups excluding carboxylic acids is 1. The van der Waals surface area contributed by atoms with E-state index in [2.05, 4.69) is 10.5 Å². The van der Waals surface area contributed by atoms with E-state index in [1.807, 2.05) is 0 Å². The number of rotatable bonds is 3. The highest BCUT2D eigenvalue weighted by Crippen LogP contribution is 2.27. The molecule has 0 aliphatic heterocycles. The maximum Gasteiger partial charge on any atom is 0.294 e. The molecular weight excluding hydrogens is 323 g/mol. The van der Waals surface area contributed by atoms with Gasteiger partial charge in [0.15, 0.2) is 0 Å². The predicted octanol–water partition coefficient (Wildman–Crippen LogP) is 4.09. The molecule has 5 nitrogen and oxygen atoms in total. The van der Waals surface area contributed by atoms with Crippen molar-refractivity contribution in [2.45, 2.75) is 0 Å². The minimum absolute atomic E-state index is 0.0521. The number of aromatic nitrogens is 1. The number of phenols is 1. The average molecular weight is 333 g/mol. The molecular formula is C16H10ClFN2O3. The minimum atomic E-state index is -0.594. The van der Waals surface area contributed by atoms with E-state index < -0.39 is 5.91 Å². The first-order chi connectivity index (χ1) is 11.0. The van der Waals surface area contributed by atoms with Gasteiger partial charge in [-0.25, -0.2) is 4.39 Å². The van der Waals surface area contributed by atoms with Gasteiger partial charge in [-0.15, -0.1) is 0 Å². The summed E-state index contributed by atoms with van der Waals surface area (Å²) in [5.74, 6) is -1.14. The quantitative estimate of drug-likeness (QED) is 0.708. The molecule has 23 heavy (non-hydrogen) atoms. The number of nitrogens with zero attached hydrogens (tertiary/aromatic N) is 1. The lowest BCUT2D eigenvalue weighted by atomic mass is 10.1. The number of halogens is 2. The molecule has 0 aliphatic carbocycles. The van der Waals surface area contributed by atoms with Gasteiger partial charge in [-0.05, 0) is 42.5 Å². The molecule has 0 atom stereocenters. The summed E-state index contributed by atoms with van der Waals surface area (Å²) in [6.07, 6.45) is 0. The van der Waals surface area contributed by atoms with Gasteiger partial charge in [0.05, 0.1) is 5.69 Å². The van der Waals surface area contributed by atoms with Gasteiger partial charge < -0.3 is 14.9 Å². The third kappa shape index (κ3) is 3.32. The second-order valence-corrected chi connectivity index (χ2v) is 5.14. The van der Waals surface area contributed by atoms with Crippen LogP contribution in [0.25, 0.3) is 11.3 Å². The Bertz CT molecular complexity index is 862. The summed E-state index contributed by atoms with van der Waals surface area (Å²) in [7, 11) is 0. The Morgan fingerprint density at radius 3 is 2.65 bits per heavy atom. The van der Waals surface area contributed by atoms with Gasteiger partial charge >= 0.3 is 0 Å². The standard InChI is InChI=1S/C16H10ClFN2O3/c17-10-3-6-14(21)13(7-10)19-16(22)15-8-12(20-23-15)9-1-4-11(18)5-2-9/h1-8,21H,(H,19,22). The summed E-state index contributed by atoms with van der Waals surface area (Å²) in [4.78, 5) is 12.1. The molecule has 0 aliphatic rings. The summed E-state index contributed by atoms with van der Waals surface area (Å²) in [5, 5.41) is 16.3. The molecule has 0 bridgehead atoms. The fourth-order valence-corrected chi connectivity index (χ4v) is 2.10. The number of phenolic OH excluding ortho intramolecular Hbond substituents is 1. The largest absolute Gasteiger partial charge is 0.506 e. The molecule has 0 saturated heterocycles. The molecule has 3 aromatic rings. The van der Waals surface area contributed by atoms with E-state index in [0.29, 0.717) is 16.3 Å². The zero-order valence-corrected chi connectivity index (χ0v) is 12.3. The van der Waals surface area contributed by atoms with E-state index in [1.165, 1.54) is 48.5 Å². The summed E-state index contributed by atoms with van der Waals surface area (Å²) < 4.78 is 17.9. The highest BCUT2D eigenvalue weighted by Gasteiger charge is 2.16. The SMILES string of the molecule is O=C(Nc1cc(Cl)ccc1O)c1cc(-c2ccc(F)cc2)no1. The lowest BCUT2D eigenvalue weighted by Gasteiger charge is -2.05.